The molecule has 2 aromatic carbocycles. The zero-order valence-electron chi connectivity index (χ0n) is 10.9. The van der Waals surface area contributed by atoms with Crippen LogP contribution in [-0.2, 0) is 0 Å². The molecule has 0 aliphatic heterocycles. The Kier molecular flexibility index (Phi) is 2.85. The molecule has 0 atom stereocenters. The Morgan fingerprint density at radius 3 is 2.55 bits per heavy atom. The maximum Gasteiger partial charge on any atom is 0.228 e. The molecule has 0 aliphatic carbocycles. The first-order valence-electron chi connectivity index (χ1n) is 6.23. The van der Waals surface area contributed by atoms with Crippen molar-refractivity contribution in [2.75, 3.05) is 0 Å². The molecule has 1 aromatic heterocycles. The number of para-hydroxylation sites is 1. The van der Waals surface area contributed by atoms with Crippen LogP contribution >= 0.6 is 0 Å². The van der Waals surface area contributed by atoms with E-state index >= 15 is 0 Å². The van der Waals surface area contributed by atoms with Gasteiger partial charge in [0.2, 0.25) is 5.78 Å². The van der Waals surface area contributed by atoms with E-state index in [4.69, 9.17) is 9.68 Å². The highest BCUT2D eigenvalue weighted by molar-refractivity contribution is 6.09. The van der Waals surface area contributed by atoms with Gasteiger partial charge in [0, 0.05) is 10.9 Å². The van der Waals surface area contributed by atoms with E-state index in [1.807, 2.05) is 31.2 Å². The van der Waals surface area contributed by atoms with Crippen LogP contribution in [0, 0.1) is 18.3 Å². The number of hydrogen-bond acceptors (Lipinski definition) is 3. The molecule has 1 heterocycles. The number of carbonyl (C=O) groups excluding carboxylic acids is 1. The minimum Gasteiger partial charge on any atom is -0.452 e. The lowest BCUT2D eigenvalue weighted by atomic mass is 10.1. The van der Waals surface area contributed by atoms with Crippen molar-refractivity contribution in [3.63, 3.8) is 0 Å². The average Bonchev–Trinajstić information content (AvgIpc) is 2.92. The smallest absolute Gasteiger partial charge is 0.228 e. The molecule has 0 unspecified atom stereocenters. The van der Waals surface area contributed by atoms with Crippen molar-refractivity contribution >= 4 is 16.8 Å². The van der Waals surface area contributed by atoms with Crippen LogP contribution in [0.4, 0.5) is 0 Å². The highest BCUT2D eigenvalue weighted by Crippen LogP contribution is 2.24. The van der Waals surface area contributed by atoms with E-state index in [1.165, 1.54) is 0 Å². The average molecular weight is 261 g/mol. The van der Waals surface area contributed by atoms with Crippen LogP contribution in [0.15, 0.2) is 52.9 Å². The van der Waals surface area contributed by atoms with Crippen molar-refractivity contribution in [1.29, 1.82) is 5.26 Å². The third-order valence-electron chi connectivity index (χ3n) is 3.24. The van der Waals surface area contributed by atoms with Crippen LogP contribution in [0.2, 0.25) is 0 Å². The molecule has 0 radical (unpaired) electrons. The zero-order valence-corrected chi connectivity index (χ0v) is 10.9. The summed E-state index contributed by atoms with van der Waals surface area (Å²) in [7, 11) is 0. The molecule has 0 spiro atoms. The number of nitrogens with zero attached hydrogens (tertiary/aromatic N) is 1. The third kappa shape index (κ3) is 1.98. The molecule has 3 aromatic rings. The number of hydrogen-bond donors (Lipinski definition) is 0. The first-order chi connectivity index (χ1) is 9.69. The summed E-state index contributed by atoms with van der Waals surface area (Å²) in [4.78, 5) is 12.4. The molecule has 20 heavy (non-hydrogen) atoms. The topological polar surface area (TPSA) is 54.0 Å². The molecule has 0 fully saturated rings. The summed E-state index contributed by atoms with van der Waals surface area (Å²) in [5.74, 6) is 0.143. The minimum atomic E-state index is -0.176. The lowest BCUT2D eigenvalue weighted by molar-refractivity contribution is 0.101. The predicted molar refractivity (Wildman–Crippen MR) is 75.5 cm³/mol. The van der Waals surface area contributed by atoms with E-state index in [-0.39, 0.29) is 5.78 Å². The van der Waals surface area contributed by atoms with Gasteiger partial charge >= 0.3 is 0 Å². The number of nitriles is 1. The number of aryl methyl sites for hydroxylation is 1. The normalized spacial score (nSPS) is 10.4. The van der Waals surface area contributed by atoms with Gasteiger partial charge in [-0.2, -0.15) is 5.26 Å². The summed E-state index contributed by atoms with van der Waals surface area (Å²) >= 11 is 0. The molecule has 0 amide bonds. The van der Waals surface area contributed by atoms with Crippen molar-refractivity contribution in [3.05, 3.63) is 71.0 Å². The van der Waals surface area contributed by atoms with Gasteiger partial charge in [0.25, 0.3) is 0 Å². The Bertz CT molecular complexity index is 836. The van der Waals surface area contributed by atoms with E-state index in [0.29, 0.717) is 16.9 Å². The summed E-state index contributed by atoms with van der Waals surface area (Å²) in [6.45, 7) is 1.95. The van der Waals surface area contributed by atoms with Gasteiger partial charge in [0.1, 0.15) is 5.58 Å². The summed E-state index contributed by atoms with van der Waals surface area (Å²) < 4.78 is 5.66. The van der Waals surface area contributed by atoms with Crippen LogP contribution < -0.4 is 0 Å². The molecule has 0 saturated heterocycles. The number of furan rings is 1. The van der Waals surface area contributed by atoms with Crippen molar-refractivity contribution in [3.8, 4) is 6.07 Å². The van der Waals surface area contributed by atoms with Gasteiger partial charge in [-0.05, 0) is 42.8 Å². The maximum absolute atomic E-state index is 12.4. The number of carbonyl (C=O) groups is 1. The van der Waals surface area contributed by atoms with Crippen LogP contribution in [0.3, 0.4) is 0 Å². The van der Waals surface area contributed by atoms with Crippen LogP contribution in [0.1, 0.15) is 27.2 Å². The first-order valence-corrected chi connectivity index (χ1v) is 6.23. The highest BCUT2D eigenvalue weighted by Gasteiger charge is 2.15. The molecule has 3 rings (SSSR count). The standard InChI is InChI=1S/C17H11NO2/c1-11-3-2-4-14-9-15(20-17(11)14)16(19)13-7-5-12(10-18)6-8-13/h2-9H,1H3. The third-order valence-corrected chi connectivity index (χ3v) is 3.24. The van der Waals surface area contributed by atoms with Crippen LogP contribution in [0.25, 0.3) is 11.0 Å². The van der Waals surface area contributed by atoms with E-state index in [2.05, 4.69) is 0 Å². The van der Waals surface area contributed by atoms with E-state index < -0.39 is 0 Å². The second-order valence-electron chi connectivity index (χ2n) is 4.62. The Hall–Kier alpha value is -2.86. The lowest BCUT2D eigenvalue weighted by Crippen LogP contribution is -1.99. The summed E-state index contributed by atoms with van der Waals surface area (Å²) in [6.07, 6.45) is 0. The Morgan fingerprint density at radius 1 is 1.15 bits per heavy atom. The van der Waals surface area contributed by atoms with E-state index in [1.54, 1.807) is 30.3 Å². The zero-order chi connectivity index (χ0) is 14.1. The lowest BCUT2D eigenvalue weighted by Gasteiger charge is -1.97. The number of benzene rings is 2. The molecule has 96 valence electrons. The Balaban J connectivity index is 2.03. The van der Waals surface area contributed by atoms with Gasteiger partial charge < -0.3 is 4.42 Å². The summed E-state index contributed by atoms with van der Waals surface area (Å²) in [5, 5.41) is 9.68. The molecule has 0 N–H and O–H groups in total. The molecule has 0 saturated carbocycles. The van der Waals surface area contributed by atoms with Crippen LogP contribution in [0.5, 0.6) is 0 Å². The second-order valence-corrected chi connectivity index (χ2v) is 4.62. The maximum atomic E-state index is 12.4. The fourth-order valence-corrected chi connectivity index (χ4v) is 2.16. The van der Waals surface area contributed by atoms with Crippen molar-refractivity contribution in [2.24, 2.45) is 0 Å². The van der Waals surface area contributed by atoms with E-state index in [9.17, 15) is 4.79 Å². The van der Waals surface area contributed by atoms with Gasteiger partial charge in [-0.1, -0.05) is 18.2 Å². The Labute approximate surface area is 116 Å². The fraction of sp³-hybridized carbons (Fsp3) is 0.0588. The first kappa shape index (κ1) is 12.2. The van der Waals surface area contributed by atoms with Crippen molar-refractivity contribution in [1.82, 2.24) is 0 Å². The van der Waals surface area contributed by atoms with Gasteiger partial charge in [-0.3, -0.25) is 4.79 Å². The van der Waals surface area contributed by atoms with Gasteiger partial charge in [0.05, 0.1) is 11.6 Å². The SMILES string of the molecule is Cc1cccc2cc(C(=O)c3ccc(C#N)cc3)oc12. The fourth-order valence-electron chi connectivity index (χ4n) is 2.16. The van der Waals surface area contributed by atoms with E-state index in [0.717, 1.165) is 16.5 Å². The summed E-state index contributed by atoms with van der Waals surface area (Å²) in [6, 6.07) is 16.1. The van der Waals surface area contributed by atoms with Crippen molar-refractivity contribution in [2.45, 2.75) is 6.92 Å². The molecule has 0 aliphatic rings. The predicted octanol–water partition coefficient (Wildman–Crippen LogP) is 3.84. The molecular formula is C17H11NO2. The largest absolute Gasteiger partial charge is 0.452 e. The monoisotopic (exact) mass is 261 g/mol. The van der Waals surface area contributed by atoms with Crippen molar-refractivity contribution < 1.29 is 9.21 Å². The number of rotatable bonds is 2. The number of fused-ring (bicyclic) bond motifs is 1. The number of ketones is 1. The second kappa shape index (κ2) is 4.67. The van der Waals surface area contributed by atoms with Gasteiger partial charge in [-0.15, -0.1) is 0 Å². The molecule has 3 nitrogen and oxygen atoms in total. The highest BCUT2D eigenvalue weighted by atomic mass is 16.3. The van der Waals surface area contributed by atoms with Gasteiger partial charge in [-0.25, -0.2) is 0 Å². The molecular weight excluding hydrogens is 250 g/mol. The minimum absolute atomic E-state index is 0.176. The van der Waals surface area contributed by atoms with Gasteiger partial charge in [0.15, 0.2) is 5.76 Å². The Morgan fingerprint density at radius 2 is 1.90 bits per heavy atom. The molecule has 0 bridgehead atoms. The quantitative estimate of drug-likeness (QED) is 0.658. The molecule has 3 heteroatoms. The van der Waals surface area contributed by atoms with Crippen LogP contribution in [-0.4, -0.2) is 5.78 Å². The summed E-state index contributed by atoms with van der Waals surface area (Å²) in [5.41, 5.74) is 2.79.